The normalized spacial score (nSPS) is 13.5. The molecular weight excluding hydrogens is 286 g/mol. The molecule has 1 atom stereocenters. The number of aromatic nitrogens is 1. The van der Waals surface area contributed by atoms with E-state index in [9.17, 15) is 8.42 Å². The molecule has 0 aromatic carbocycles. The van der Waals surface area contributed by atoms with Crippen LogP contribution in [0.1, 0.15) is 45.2 Å². The topological polar surface area (TPSA) is 63.1 Å². The number of sulfonamides is 1. The van der Waals surface area contributed by atoms with Crippen molar-refractivity contribution in [1.29, 1.82) is 0 Å². The number of hydrogen-bond donors (Lipinski definition) is 2. The van der Waals surface area contributed by atoms with Gasteiger partial charge in [0, 0.05) is 32.0 Å². The van der Waals surface area contributed by atoms with Crippen molar-refractivity contribution in [2.45, 2.75) is 51.0 Å². The van der Waals surface area contributed by atoms with Crippen molar-refractivity contribution in [3.63, 3.8) is 0 Å². The Morgan fingerprint density at radius 1 is 1.33 bits per heavy atom. The molecule has 6 heteroatoms. The van der Waals surface area contributed by atoms with Gasteiger partial charge >= 0.3 is 0 Å². The first-order valence-electron chi connectivity index (χ1n) is 7.74. The van der Waals surface area contributed by atoms with Crippen LogP contribution in [0, 0.1) is 5.92 Å². The minimum absolute atomic E-state index is 0.348. The lowest BCUT2D eigenvalue weighted by Gasteiger charge is -2.14. The summed E-state index contributed by atoms with van der Waals surface area (Å²) in [7, 11) is 0.300. The van der Waals surface area contributed by atoms with Crippen LogP contribution < -0.4 is 10.0 Å². The van der Waals surface area contributed by atoms with Crippen molar-refractivity contribution in [3.05, 3.63) is 18.0 Å². The minimum Gasteiger partial charge on any atom is -0.352 e. The SMILES string of the molecule is CCCCC(CC)CNS(=O)(=O)c1cc(CNC)n(C)c1. The molecule has 2 N–H and O–H groups in total. The highest BCUT2D eigenvalue weighted by atomic mass is 32.2. The monoisotopic (exact) mass is 315 g/mol. The van der Waals surface area contributed by atoms with Crippen molar-refractivity contribution < 1.29 is 8.42 Å². The number of hydrogen-bond acceptors (Lipinski definition) is 3. The number of aryl methyl sites for hydroxylation is 1. The van der Waals surface area contributed by atoms with Crippen molar-refractivity contribution in [2.75, 3.05) is 13.6 Å². The predicted octanol–water partition coefficient (Wildman–Crippen LogP) is 2.24. The van der Waals surface area contributed by atoms with Gasteiger partial charge in [-0.2, -0.15) is 0 Å². The molecule has 1 heterocycles. The zero-order chi connectivity index (χ0) is 15.9. The van der Waals surface area contributed by atoms with Gasteiger partial charge in [0.05, 0.1) is 4.90 Å². The van der Waals surface area contributed by atoms with Crippen molar-refractivity contribution in [2.24, 2.45) is 13.0 Å². The van der Waals surface area contributed by atoms with Crippen LogP contribution in [0.2, 0.25) is 0 Å². The van der Waals surface area contributed by atoms with E-state index in [1.165, 1.54) is 0 Å². The molecule has 21 heavy (non-hydrogen) atoms. The van der Waals surface area contributed by atoms with Crippen LogP contribution in [0.5, 0.6) is 0 Å². The Labute approximate surface area is 129 Å². The second-order valence-corrected chi connectivity index (χ2v) is 7.34. The van der Waals surface area contributed by atoms with E-state index in [1.807, 2.05) is 18.7 Å². The summed E-state index contributed by atoms with van der Waals surface area (Å²) in [4.78, 5) is 0.348. The fourth-order valence-electron chi connectivity index (χ4n) is 2.34. The molecule has 0 saturated heterocycles. The average molecular weight is 315 g/mol. The first-order chi connectivity index (χ1) is 9.94. The van der Waals surface area contributed by atoms with Crippen LogP contribution in [0.15, 0.2) is 17.2 Å². The third-order valence-corrected chi connectivity index (χ3v) is 5.25. The van der Waals surface area contributed by atoms with Gasteiger partial charge in [0.1, 0.15) is 0 Å². The molecule has 0 bridgehead atoms. The summed E-state index contributed by atoms with van der Waals surface area (Å²) in [5.74, 6) is 0.417. The third-order valence-electron chi connectivity index (χ3n) is 3.86. The maximum absolute atomic E-state index is 12.4. The Kier molecular flexibility index (Phi) is 7.42. The number of nitrogens with zero attached hydrogens (tertiary/aromatic N) is 1. The van der Waals surface area contributed by atoms with Crippen LogP contribution >= 0.6 is 0 Å². The lowest BCUT2D eigenvalue weighted by atomic mass is 10.00. The molecule has 0 aliphatic heterocycles. The molecule has 0 radical (unpaired) electrons. The van der Waals surface area contributed by atoms with Gasteiger partial charge in [0.15, 0.2) is 0 Å². The molecule has 0 saturated carbocycles. The van der Waals surface area contributed by atoms with Gasteiger partial charge in [0.25, 0.3) is 0 Å². The molecule has 1 aromatic rings. The molecule has 0 spiro atoms. The van der Waals surface area contributed by atoms with Gasteiger partial charge in [-0.05, 0) is 25.5 Å². The molecule has 122 valence electrons. The second kappa shape index (κ2) is 8.56. The largest absolute Gasteiger partial charge is 0.352 e. The Morgan fingerprint density at radius 2 is 2.05 bits per heavy atom. The van der Waals surface area contributed by atoms with Crippen LogP contribution in [0.25, 0.3) is 0 Å². The van der Waals surface area contributed by atoms with Gasteiger partial charge in [-0.25, -0.2) is 13.1 Å². The Balaban J connectivity index is 2.70. The lowest BCUT2D eigenvalue weighted by molar-refractivity contribution is 0.443. The second-order valence-electron chi connectivity index (χ2n) is 5.58. The summed E-state index contributed by atoms with van der Waals surface area (Å²) in [6.45, 7) is 5.45. The van der Waals surface area contributed by atoms with E-state index in [0.717, 1.165) is 31.4 Å². The van der Waals surface area contributed by atoms with E-state index in [1.54, 1.807) is 12.3 Å². The van der Waals surface area contributed by atoms with E-state index in [0.29, 0.717) is 23.9 Å². The van der Waals surface area contributed by atoms with Crippen molar-refractivity contribution in [1.82, 2.24) is 14.6 Å². The van der Waals surface area contributed by atoms with E-state index in [4.69, 9.17) is 0 Å². The van der Waals surface area contributed by atoms with Gasteiger partial charge in [-0.3, -0.25) is 0 Å². The quantitative estimate of drug-likeness (QED) is 0.696. The van der Waals surface area contributed by atoms with Crippen molar-refractivity contribution in [3.8, 4) is 0 Å². The van der Waals surface area contributed by atoms with Gasteiger partial charge in [-0.1, -0.05) is 33.1 Å². The summed E-state index contributed by atoms with van der Waals surface area (Å²) in [5, 5.41) is 3.04. The van der Waals surface area contributed by atoms with Crippen LogP contribution in [-0.4, -0.2) is 26.6 Å². The molecular formula is C15H29N3O2S. The zero-order valence-electron chi connectivity index (χ0n) is 13.6. The standard InChI is InChI=1S/C15H29N3O2S/c1-5-7-8-13(6-2)10-17-21(19,20)15-9-14(11-16-3)18(4)12-15/h9,12-13,16-17H,5-8,10-11H2,1-4H3. The maximum atomic E-state index is 12.4. The number of nitrogens with one attached hydrogen (secondary N) is 2. The highest BCUT2D eigenvalue weighted by molar-refractivity contribution is 7.89. The average Bonchev–Trinajstić information content (AvgIpc) is 2.82. The zero-order valence-corrected chi connectivity index (χ0v) is 14.5. The first kappa shape index (κ1) is 18.2. The predicted molar refractivity (Wildman–Crippen MR) is 86.7 cm³/mol. The minimum atomic E-state index is -3.41. The van der Waals surface area contributed by atoms with E-state index in [-0.39, 0.29) is 0 Å². The first-order valence-corrected chi connectivity index (χ1v) is 9.22. The molecule has 1 rings (SSSR count). The highest BCUT2D eigenvalue weighted by Gasteiger charge is 2.18. The van der Waals surface area contributed by atoms with Crippen LogP contribution in [0.4, 0.5) is 0 Å². The summed E-state index contributed by atoms with van der Waals surface area (Å²) in [6, 6.07) is 1.73. The molecule has 0 amide bonds. The molecule has 0 aliphatic carbocycles. The summed E-state index contributed by atoms with van der Waals surface area (Å²) in [5.41, 5.74) is 0.955. The number of unbranched alkanes of at least 4 members (excludes halogenated alkanes) is 1. The third kappa shape index (κ3) is 5.45. The summed E-state index contributed by atoms with van der Waals surface area (Å²) >= 11 is 0. The molecule has 5 nitrogen and oxygen atoms in total. The van der Waals surface area contributed by atoms with E-state index < -0.39 is 10.0 Å². The Hall–Kier alpha value is -0.850. The van der Waals surface area contributed by atoms with E-state index >= 15 is 0 Å². The molecule has 1 aromatic heterocycles. The highest BCUT2D eigenvalue weighted by Crippen LogP contribution is 2.16. The fourth-order valence-corrected chi connectivity index (χ4v) is 3.54. The van der Waals surface area contributed by atoms with Gasteiger partial charge < -0.3 is 9.88 Å². The molecule has 0 fully saturated rings. The molecule has 1 unspecified atom stereocenters. The van der Waals surface area contributed by atoms with Crippen molar-refractivity contribution >= 4 is 10.0 Å². The fraction of sp³-hybridized carbons (Fsp3) is 0.733. The van der Waals surface area contributed by atoms with E-state index in [2.05, 4.69) is 23.9 Å². The number of rotatable bonds is 10. The van der Waals surface area contributed by atoms with Gasteiger partial charge in [-0.15, -0.1) is 0 Å². The maximum Gasteiger partial charge on any atom is 0.242 e. The smallest absolute Gasteiger partial charge is 0.242 e. The summed E-state index contributed by atoms with van der Waals surface area (Å²) in [6.07, 6.45) is 6.05. The molecule has 0 aliphatic rings. The van der Waals surface area contributed by atoms with Crippen LogP contribution in [-0.2, 0) is 23.6 Å². The van der Waals surface area contributed by atoms with Gasteiger partial charge in [0.2, 0.25) is 10.0 Å². The Morgan fingerprint density at radius 3 is 2.62 bits per heavy atom. The summed E-state index contributed by atoms with van der Waals surface area (Å²) < 4.78 is 29.3. The lowest BCUT2D eigenvalue weighted by Crippen LogP contribution is -2.29. The Bertz CT molecular complexity index is 523. The van der Waals surface area contributed by atoms with Crippen LogP contribution in [0.3, 0.4) is 0 Å².